The number of rotatable bonds is 1. The van der Waals surface area contributed by atoms with Crippen molar-refractivity contribution in [2.45, 2.75) is 30.8 Å². The number of hydrogen-bond donors (Lipinski definition) is 0. The number of aryl methyl sites for hydroxylation is 2. The van der Waals surface area contributed by atoms with Crippen LogP contribution in [-0.4, -0.2) is 60.8 Å². The number of carbonyl (C=O) groups excluding carboxylic acids is 1. The number of pyridine rings is 1. The van der Waals surface area contributed by atoms with E-state index in [0.717, 1.165) is 11.4 Å². The summed E-state index contributed by atoms with van der Waals surface area (Å²) in [5, 5.41) is 0. The van der Waals surface area contributed by atoms with Crippen molar-refractivity contribution < 1.29 is 17.9 Å². The molecule has 0 unspecified atom stereocenters. The first-order chi connectivity index (χ1) is 13.2. The molecule has 0 bridgehead atoms. The van der Waals surface area contributed by atoms with E-state index in [4.69, 9.17) is 4.74 Å². The fourth-order valence-electron chi connectivity index (χ4n) is 4.04. The molecule has 0 saturated carbocycles. The maximum Gasteiger partial charge on any atom is 0.254 e. The molecule has 1 aromatic heterocycles. The molecule has 2 aromatic rings. The summed E-state index contributed by atoms with van der Waals surface area (Å²) < 4.78 is 33.2. The Labute approximate surface area is 165 Å². The summed E-state index contributed by atoms with van der Waals surface area (Å²) in [6, 6.07) is 10.2. The third kappa shape index (κ3) is 3.16. The Morgan fingerprint density at radius 2 is 1.82 bits per heavy atom. The first-order valence-corrected chi connectivity index (χ1v) is 10.6. The number of aromatic nitrogens is 1. The Morgan fingerprint density at radius 1 is 1.14 bits per heavy atom. The van der Waals surface area contributed by atoms with Crippen molar-refractivity contribution in [1.82, 2.24) is 14.2 Å². The van der Waals surface area contributed by atoms with Gasteiger partial charge in [0.25, 0.3) is 5.91 Å². The van der Waals surface area contributed by atoms with Crippen LogP contribution in [0.4, 0.5) is 0 Å². The summed E-state index contributed by atoms with van der Waals surface area (Å²) >= 11 is 0. The van der Waals surface area contributed by atoms with Crippen LogP contribution >= 0.6 is 0 Å². The SMILES string of the molecule is Cc1cc(C(=O)N2CC[C@]3(C2)CN(C)S(=O)(=O)c2ccccc2O3)cc(C)n1. The third-order valence-corrected chi connectivity index (χ3v) is 7.15. The van der Waals surface area contributed by atoms with E-state index in [0.29, 0.717) is 30.8 Å². The van der Waals surface area contributed by atoms with Gasteiger partial charge < -0.3 is 9.64 Å². The second kappa shape index (κ2) is 6.56. The Bertz CT molecular complexity index is 1030. The van der Waals surface area contributed by atoms with Gasteiger partial charge in [-0.2, -0.15) is 4.31 Å². The topological polar surface area (TPSA) is 79.8 Å². The van der Waals surface area contributed by atoms with Crippen molar-refractivity contribution in [1.29, 1.82) is 0 Å². The monoisotopic (exact) mass is 401 g/mol. The standard InChI is InChI=1S/C20H23N3O4S/c1-14-10-16(11-15(2)21-14)19(24)23-9-8-20(13-23)12-22(3)28(25,26)18-7-5-4-6-17(18)27-20/h4-7,10-11H,8-9,12-13H2,1-3H3/t20-/m1/s1. The van der Waals surface area contributed by atoms with Crippen molar-refractivity contribution in [3.63, 3.8) is 0 Å². The molecular formula is C20H23N3O4S. The van der Waals surface area contributed by atoms with Crippen LogP contribution in [0, 0.1) is 13.8 Å². The first kappa shape index (κ1) is 18.9. The molecule has 1 atom stereocenters. The zero-order chi connectivity index (χ0) is 20.1. The molecule has 4 rings (SSSR count). The second-order valence-corrected chi connectivity index (χ2v) is 9.62. The molecule has 2 aliphatic rings. The number of likely N-dealkylation sites (N-methyl/N-ethyl adjacent to an activating group) is 1. The lowest BCUT2D eigenvalue weighted by Crippen LogP contribution is -2.48. The molecule has 148 valence electrons. The molecule has 1 aromatic carbocycles. The molecule has 8 heteroatoms. The van der Waals surface area contributed by atoms with Crippen LogP contribution in [0.2, 0.25) is 0 Å². The number of benzene rings is 1. The molecule has 1 amide bonds. The average Bonchev–Trinajstić information content (AvgIpc) is 3.00. The second-order valence-electron chi connectivity index (χ2n) is 7.61. The van der Waals surface area contributed by atoms with Crippen LogP contribution in [0.15, 0.2) is 41.3 Å². The predicted molar refractivity (Wildman–Crippen MR) is 104 cm³/mol. The third-order valence-electron chi connectivity index (χ3n) is 5.31. The minimum atomic E-state index is -3.63. The Hall–Kier alpha value is -2.45. The predicted octanol–water partition coefficient (Wildman–Crippen LogP) is 2.00. The normalized spacial score (nSPS) is 23.9. The van der Waals surface area contributed by atoms with Crippen LogP contribution in [0.3, 0.4) is 0 Å². The zero-order valence-corrected chi connectivity index (χ0v) is 17.0. The van der Waals surface area contributed by atoms with E-state index in [1.165, 1.54) is 4.31 Å². The lowest BCUT2D eigenvalue weighted by atomic mass is 10.0. The first-order valence-electron chi connectivity index (χ1n) is 9.19. The largest absolute Gasteiger partial charge is 0.483 e. The molecule has 0 N–H and O–H groups in total. The van der Waals surface area contributed by atoms with Crippen LogP contribution in [0.25, 0.3) is 0 Å². The van der Waals surface area contributed by atoms with Crippen molar-refractivity contribution in [2.24, 2.45) is 0 Å². The summed E-state index contributed by atoms with van der Waals surface area (Å²) in [6.45, 7) is 4.76. The van der Waals surface area contributed by atoms with Crippen LogP contribution in [0.5, 0.6) is 5.75 Å². The number of fused-ring (bicyclic) bond motifs is 1. The lowest BCUT2D eigenvalue weighted by Gasteiger charge is -2.30. The maximum absolute atomic E-state index is 13.0. The number of ether oxygens (including phenoxy) is 1. The fourth-order valence-corrected chi connectivity index (χ4v) is 5.40. The van der Waals surface area contributed by atoms with Gasteiger partial charge in [-0.05, 0) is 38.1 Å². The zero-order valence-electron chi connectivity index (χ0n) is 16.2. The van der Waals surface area contributed by atoms with E-state index < -0.39 is 15.6 Å². The van der Waals surface area contributed by atoms with Gasteiger partial charge in [0.2, 0.25) is 10.0 Å². The molecule has 28 heavy (non-hydrogen) atoms. The Morgan fingerprint density at radius 3 is 2.54 bits per heavy atom. The highest BCUT2D eigenvalue weighted by molar-refractivity contribution is 7.89. The molecule has 1 saturated heterocycles. The van der Waals surface area contributed by atoms with Crippen molar-refractivity contribution in [3.8, 4) is 5.75 Å². The van der Waals surface area contributed by atoms with Gasteiger partial charge >= 0.3 is 0 Å². The van der Waals surface area contributed by atoms with E-state index >= 15 is 0 Å². The average molecular weight is 401 g/mol. The molecule has 1 spiro atoms. The molecule has 1 fully saturated rings. The molecule has 3 heterocycles. The van der Waals surface area contributed by atoms with Gasteiger partial charge in [-0.1, -0.05) is 12.1 Å². The summed E-state index contributed by atoms with van der Waals surface area (Å²) in [5.41, 5.74) is 1.42. The van der Waals surface area contributed by atoms with Gasteiger partial charge in [-0.25, -0.2) is 8.42 Å². The van der Waals surface area contributed by atoms with Gasteiger partial charge in [0.05, 0.1) is 13.1 Å². The van der Waals surface area contributed by atoms with E-state index in [9.17, 15) is 13.2 Å². The summed E-state index contributed by atoms with van der Waals surface area (Å²) in [6.07, 6.45) is 0.565. The van der Waals surface area contributed by atoms with Gasteiger partial charge in [0.15, 0.2) is 0 Å². The molecule has 7 nitrogen and oxygen atoms in total. The number of amides is 1. The molecule has 2 aliphatic heterocycles. The van der Waals surface area contributed by atoms with Crippen LogP contribution in [0.1, 0.15) is 28.2 Å². The maximum atomic E-state index is 13.0. The van der Waals surface area contributed by atoms with Crippen molar-refractivity contribution in [3.05, 3.63) is 53.3 Å². The highest BCUT2D eigenvalue weighted by Crippen LogP contribution is 2.38. The molecular weight excluding hydrogens is 378 g/mol. The van der Waals surface area contributed by atoms with Gasteiger partial charge in [0.1, 0.15) is 16.2 Å². The number of carbonyl (C=O) groups is 1. The van der Waals surface area contributed by atoms with Crippen LogP contribution < -0.4 is 4.74 Å². The number of para-hydroxylation sites is 1. The van der Waals surface area contributed by atoms with E-state index in [1.807, 2.05) is 13.8 Å². The summed E-state index contributed by atoms with van der Waals surface area (Å²) in [5.74, 6) is 0.258. The smallest absolute Gasteiger partial charge is 0.254 e. The lowest BCUT2D eigenvalue weighted by molar-refractivity contribution is 0.0544. The van der Waals surface area contributed by atoms with E-state index in [2.05, 4.69) is 4.98 Å². The molecule has 0 radical (unpaired) electrons. The summed E-state index contributed by atoms with van der Waals surface area (Å²) in [7, 11) is -2.07. The van der Waals surface area contributed by atoms with Gasteiger partial charge in [0, 0.05) is 37.0 Å². The Balaban J connectivity index is 1.65. The highest BCUT2D eigenvalue weighted by Gasteiger charge is 2.47. The molecule has 0 aliphatic carbocycles. The van der Waals surface area contributed by atoms with Crippen molar-refractivity contribution >= 4 is 15.9 Å². The number of nitrogens with zero attached hydrogens (tertiary/aromatic N) is 3. The minimum absolute atomic E-state index is 0.0860. The summed E-state index contributed by atoms with van der Waals surface area (Å²) in [4.78, 5) is 19.3. The fraction of sp³-hybridized carbons (Fsp3) is 0.400. The van der Waals surface area contributed by atoms with Gasteiger partial charge in [-0.3, -0.25) is 9.78 Å². The minimum Gasteiger partial charge on any atom is -0.483 e. The number of hydrogen-bond acceptors (Lipinski definition) is 5. The quantitative estimate of drug-likeness (QED) is 0.730. The van der Waals surface area contributed by atoms with Crippen LogP contribution in [-0.2, 0) is 10.0 Å². The van der Waals surface area contributed by atoms with Gasteiger partial charge in [-0.15, -0.1) is 0 Å². The van der Waals surface area contributed by atoms with E-state index in [1.54, 1.807) is 48.3 Å². The number of likely N-dealkylation sites (tertiary alicyclic amines) is 1. The van der Waals surface area contributed by atoms with Crippen molar-refractivity contribution in [2.75, 3.05) is 26.7 Å². The Kier molecular flexibility index (Phi) is 4.43. The highest BCUT2D eigenvalue weighted by atomic mass is 32.2. The number of sulfonamides is 1. The van der Waals surface area contributed by atoms with E-state index in [-0.39, 0.29) is 17.3 Å².